The summed E-state index contributed by atoms with van der Waals surface area (Å²) in [7, 11) is 1.89. The molecule has 6 rings (SSSR count). The first-order chi connectivity index (χ1) is 15.7. The van der Waals surface area contributed by atoms with Crippen LogP contribution < -0.4 is 10.1 Å². The second-order valence-corrected chi connectivity index (χ2v) is 7.93. The molecule has 0 spiro atoms. The van der Waals surface area contributed by atoms with E-state index >= 15 is 0 Å². The van der Waals surface area contributed by atoms with Crippen LogP contribution in [0.3, 0.4) is 0 Å². The Morgan fingerprint density at radius 2 is 1.91 bits per heavy atom. The Morgan fingerprint density at radius 3 is 2.75 bits per heavy atom. The van der Waals surface area contributed by atoms with Gasteiger partial charge in [-0.25, -0.2) is 9.38 Å². The van der Waals surface area contributed by atoms with Gasteiger partial charge in [-0.3, -0.25) is 4.68 Å². The minimum Gasteiger partial charge on any atom is -0.478 e. The smallest absolute Gasteiger partial charge is 0.201 e. The molecule has 1 aliphatic heterocycles. The lowest BCUT2D eigenvalue weighted by molar-refractivity contribution is 0.245. The molecule has 5 aromatic rings. The largest absolute Gasteiger partial charge is 0.478 e. The molecule has 4 aromatic heterocycles. The van der Waals surface area contributed by atoms with Gasteiger partial charge in [0.15, 0.2) is 5.65 Å². The molecule has 1 atom stereocenters. The fraction of sp³-hybridized carbons (Fsp3) is 0.167. The van der Waals surface area contributed by atoms with Crippen LogP contribution in [0.4, 0.5) is 11.6 Å². The van der Waals surface area contributed by atoms with E-state index < -0.39 is 0 Å². The third kappa shape index (κ3) is 3.26. The average Bonchev–Trinajstić information content (AvgIpc) is 3.44. The van der Waals surface area contributed by atoms with Gasteiger partial charge in [0, 0.05) is 25.4 Å². The van der Waals surface area contributed by atoms with Crippen molar-refractivity contribution in [3.05, 3.63) is 84.4 Å². The maximum Gasteiger partial charge on any atom is 0.201 e. The third-order valence-corrected chi connectivity index (χ3v) is 5.79. The van der Waals surface area contributed by atoms with Crippen LogP contribution in [0.1, 0.15) is 17.3 Å². The second kappa shape index (κ2) is 7.49. The monoisotopic (exact) mass is 423 g/mol. The number of benzene rings is 1. The first-order valence-corrected chi connectivity index (χ1v) is 10.5. The van der Waals surface area contributed by atoms with Gasteiger partial charge in [0.1, 0.15) is 24.1 Å². The Hall–Kier alpha value is -4.20. The minimum atomic E-state index is 0.168. The number of anilines is 2. The standard InChI is InChI=1S/C24H21N7O/c1-30-21(8-10-26-30)27-20-12-17(7-9-25-20)18-13-22-28-29-24-19(11-16-5-3-2-4-6-16)15-32-23(14-18)31(22)24/h2-10,12-14,19H,11,15H2,1H3,(H,25,27). The number of pyridine rings is 2. The molecule has 158 valence electrons. The fourth-order valence-corrected chi connectivity index (χ4v) is 4.16. The van der Waals surface area contributed by atoms with E-state index in [1.54, 1.807) is 17.1 Å². The van der Waals surface area contributed by atoms with E-state index in [0.29, 0.717) is 6.61 Å². The van der Waals surface area contributed by atoms with Crippen molar-refractivity contribution in [3.63, 3.8) is 0 Å². The van der Waals surface area contributed by atoms with Crippen LogP contribution in [-0.2, 0) is 13.5 Å². The molecule has 1 unspecified atom stereocenters. The van der Waals surface area contributed by atoms with Crippen LogP contribution in [0.25, 0.3) is 16.8 Å². The number of nitrogens with one attached hydrogen (secondary N) is 1. The molecule has 8 heteroatoms. The van der Waals surface area contributed by atoms with Gasteiger partial charge in [-0.2, -0.15) is 5.10 Å². The first kappa shape index (κ1) is 18.6. The number of hydrogen-bond acceptors (Lipinski definition) is 6. The molecule has 1 N–H and O–H groups in total. The van der Waals surface area contributed by atoms with Gasteiger partial charge >= 0.3 is 0 Å². The second-order valence-electron chi connectivity index (χ2n) is 7.93. The average molecular weight is 423 g/mol. The summed E-state index contributed by atoms with van der Waals surface area (Å²) in [4.78, 5) is 4.43. The fourth-order valence-electron chi connectivity index (χ4n) is 4.16. The highest BCUT2D eigenvalue weighted by molar-refractivity contribution is 5.72. The third-order valence-electron chi connectivity index (χ3n) is 5.79. The van der Waals surface area contributed by atoms with E-state index in [0.717, 1.165) is 46.5 Å². The van der Waals surface area contributed by atoms with Crippen LogP contribution in [0.5, 0.6) is 5.88 Å². The number of aryl methyl sites for hydroxylation is 1. The van der Waals surface area contributed by atoms with E-state index in [9.17, 15) is 0 Å². The SMILES string of the molecule is Cn1nccc1Nc1cc(-c2cc3n4c(nnc4c2)C(Cc2ccccc2)CO3)ccn1. The van der Waals surface area contributed by atoms with E-state index in [4.69, 9.17) is 4.74 Å². The maximum absolute atomic E-state index is 6.17. The molecule has 0 saturated heterocycles. The molecular formula is C24H21N7O. The summed E-state index contributed by atoms with van der Waals surface area (Å²) >= 11 is 0. The Labute approximate surface area is 184 Å². The minimum absolute atomic E-state index is 0.168. The van der Waals surface area contributed by atoms with Gasteiger partial charge in [0.2, 0.25) is 5.88 Å². The Morgan fingerprint density at radius 1 is 1.00 bits per heavy atom. The lowest BCUT2D eigenvalue weighted by Gasteiger charge is -2.23. The lowest BCUT2D eigenvalue weighted by Crippen LogP contribution is -2.22. The molecule has 0 bridgehead atoms. The zero-order valence-electron chi connectivity index (χ0n) is 17.5. The summed E-state index contributed by atoms with van der Waals surface area (Å²) in [5.41, 5.74) is 4.07. The summed E-state index contributed by atoms with van der Waals surface area (Å²) < 4.78 is 9.96. The molecule has 8 nitrogen and oxygen atoms in total. The topological polar surface area (TPSA) is 82.2 Å². The number of rotatable bonds is 5. The van der Waals surface area contributed by atoms with Crippen LogP contribution in [0, 0.1) is 0 Å². The Balaban J connectivity index is 1.33. The van der Waals surface area contributed by atoms with Crippen molar-refractivity contribution in [1.82, 2.24) is 29.4 Å². The van der Waals surface area contributed by atoms with Crippen molar-refractivity contribution in [2.75, 3.05) is 11.9 Å². The molecule has 1 aliphatic rings. The van der Waals surface area contributed by atoms with Crippen LogP contribution in [-0.4, -0.2) is 36.0 Å². The molecule has 0 radical (unpaired) electrons. The van der Waals surface area contributed by atoms with E-state index in [2.05, 4.69) is 49.9 Å². The first-order valence-electron chi connectivity index (χ1n) is 10.5. The van der Waals surface area contributed by atoms with Crippen molar-refractivity contribution >= 4 is 17.3 Å². The molecule has 0 saturated carbocycles. The normalized spacial score (nSPS) is 15.0. The van der Waals surface area contributed by atoms with E-state index in [1.807, 2.05) is 47.8 Å². The molecule has 1 aromatic carbocycles. The molecule has 32 heavy (non-hydrogen) atoms. The van der Waals surface area contributed by atoms with Crippen molar-refractivity contribution in [2.24, 2.45) is 7.05 Å². The van der Waals surface area contributed by atoms with Gasteiger partial charge in [0.25, 0.3) is 0 Å². The summed E-state index contributed by atoms with van der Waals surface area (Å²) in [6.45, 7) is 0.579. The molecule has 0 fully saturated rings. The van der Waals surface area contributed by atoms with Crippen molar-refractivity contribution in [1.29, 1.82) is 0 Å². The zero-order valence-corrected chi connectivity index (χ0v) is 17.5. The van der Waals surface area contributed by atoms with Crippen LogP contribution in [0.15, 0.2) is 73.1 Å². The Bertz CT molecular complexity index is 1410. The quantitative estimate of drug-likeness (QED) is 0.460. The van der Waals surface area contributed by atoms with Crippen molar-refractivity contribution in [3.8, 4) is 17.0 Å². The van der Waals surface area contributed by atoms with Gasteiger partial charge < -0.3 is 10.1 Å². The maximum atomic E-state index is 6.17. The molecular weight excluding hydrogens is 402 g/mol. The summed E-state index contributed by atoms with van der Waals surface area (Å²) in [5, 5.41) is 16.4. The molecule has 5 heterocycles. The van der Waals surface area contributed by atoms with Crippen LogP contribution in [0.2, 0.25) is 0 Å². The predicted octanol–water partition coefficient (Wildman–Crippen LogP) is 3.99. The van der Waals surface area contributed by atoms with E-state index in [-0.39, 0.29) is 5.92 Å². The van der Waals surface area contributed by atoms with Gasteiger partial charge in [-0.1, -0.05) is 30.3 Å². The summed E-state index contributed by atoms with van der Waals surface area (Å²) in [5.74, 6) is 3.49. The highest BCUT2D eigenvalue weighted by Crippen LogP contribution is 2.34. The van der Waals surface area contributed by atoms with Gasteiger partial charge in [-0.05, 0) is 41.3 Å². The van der Waals surface area contributed by atoms with Crippen molar-refractivity contribution < 1.29 is 4.74 Å². The number of ether oxygens (including phenoxy) is 1. The van der Waals surface area contributed by atoms with Gasteiger partial charge in [-0.15, -0.1) is 10.2 Å². The highest BCUT2D eigenvalue weighted by Gasteiger charge is 2.27. The number of nitrogens with zero attached hydrogens (tertiary/aromatic N) is 6. The Kier molecular flexibility index (Phi) is 4.34. The molecule has 0 aliphatic carbocycles. The summed E-state index contributed by atoms with van der Waals surface area (Å²) in [6.07, 6.45) is 4.40. The van der Waals surface area contributed by atoms with E-state index in [1.165, 1.54) is 5.56 Å². The summed E-state index contributed by atoms with van der Waals surface area (Å²) in [6, 6.07) is 20.4. The van der Waals surface area contributed by atoms with Gasteiger partial charge in [0.05, 0.1) is 12.1 Å². The number of aromatic nitrogens is 6. The van der Waals surface area contributed by atoms with Crippen molar-refractivity contribution in [2.45, 2.75) is 12.3 Å². The number of hydrogen-bond donors (Lipinski definition) is 1. The zero-order chi connectivity index (χ0) is 21.5. The van der Waals surface area contributed by atoms with Crippen LogP contribution >= 0.6 is 0 Å². The lowest BCUT2D eigenvalue weighted by atomic mass is 9.98. The predicted molar refractivity (Wildman–Crippen MR) is 121 cm³/mol. The molecule has 0 amide bonds. The highest BCUT2D eigenvalue weighted by atomic mass is 16.5.